The predicted octanol–water partition coefficient (Wildman–Crippen LogP) is 3.73. The number of amides is 1. The summed E-state index contributed by atoms with van der Waals surface area (Å²) in [5.41, 5.74) is 0.846. The summed E-state index contributed by atoms with van der Waals surface area (Å²) < 4.78 is 27.2. The molecule has 5 nitrogen and oxygen atoms in total. The lowest BCUT2D eigenvalue weighted by Gasteiger charge is -2.23. The van der Waals surface area contributed by atoms with E-state index in [0.29, 0.717) is 11.4 Å². The van der Waals surface area contributed by atoms with Gasteiger partial charge in [0.05, 0.1) is 10.7 Å². The number of sulfonamides is 1. The van der Waals surface area contributed by atoms with Gasteiger partial charge < -0.3 is 5.32 Å². The lowest BCUT2D eigenvalue weighted by atomic mass is 10.3. The largest absolute Gasteiger partial charge is 0.325 e. The number of anilines is 2. The average molecular weight is 387 g/mol. The van der Waals surface area contributed by atoms with Crippen LogP contribution in [0, 0.1) is 0 Å². The predicted molar refractivity (Wildman–Crippen MR) is 97.4 cm³/mol. The van der Waals surface area contributed by atoms with E-state index in [1.807, 2.05) is 0 Å². The van der Waals surface area contributed by atoms with Crippen LogP contribution in [0.1, 0.15) is 6.92 Å². The van der Waals surface area contributed by atoms with Gasteiger partial charge in [-0.3, -0.25) is 9.10 Å². The van der Waals surface area contributed by atoms with Crippen LogP contribution >= 0.6 is 23.2 Å². The third kappa shape index (κ3) is 4.01. The second-order valence-corrected chi connectivity index (χ2v) is 7.34. The molecule has 0 saturated heterocycles. The van der Waals surface area contributed by atoms with Crippen LogP contribution in [0.5, 0.6) is 0 Å². The summed E-state index contributed by atoms with van der Waals surface area (Å²) in [7, 11) is -3.88. The van der Waals surface area contributed by atoms with E-state index in [-0.39, 0.29) is 22.3 Å². The van der Waals surface area contributed by atoms with Crippen molar-refractivity contribution in [1.29, 1.82) is 0 Å². The van der Waals surface area contributed by atoms with Crippen molar-refractivity contribution in [1.82, 2.24) is 0 Å². The summed E-state index contributed by atoms with van der Waals surface area (Å²) in [5, 5.41) is 2.59. The summed E-state index contributed by atoms with van der Waals surface area (Å²) in [6.45, 7) is 1.97. The Labute approximate surface area is 151 Å². The fourth-order valence-electron chi connectivity index (χ4n) is 2.18. The van der Waals surface area contributed by atoms with Gasteiger partial charge in [0.25, 0.3) is 10.0 Å². The number of halogens is 2. The molecule has 0 aliphatic carbocycles. The highest BCUT2D eigenvalue weighted by atomic mass is 35.5. The minimum absolute atomic E-state index is 0.0771. The molecule has 0 aliphatic rings. The van der Waals surface area contributed by atoms with E-state index in [1.165, 1.54) is 22.5 Å². The molecule has 0 heterocycles. The normalized spacial score (nSPS) is 11.1. The Kier molecular flexibility index (Phi) is 6.10. The first-order valence-corrected chi connectivity index (χ1v) is 9.48. The fourth-order valence-corrected chi connectivity index (χ4v) is 4.22. The number of nitrogens with one attached hydrogen (secondary N) is 1. The third-order valence-electron chi connectivity index (χ3n) is 3.24. The second-order valence-electron chi connectivity index (χ2n) is 4.83. The molecular formula is C16H16Cl2N2O3S. The van der Waals surface area contributed by atoms with Gasteiger partial charge >= 0.3 is 0 Å². The number of hydrogen-bond donors (Lipinski definition) is 1. The number of para-hydroxylation sites is 1. The van der Waals surface area contributed by atoms with Crippen molar-refractivity contribution in [3.05, 3.63) is 53.6 Å². The number of alkyl halides is 1. The molecule has 128 valence electrons. The van der Waals surface area contributed by atoms with Crippen molar-refractivity contribution in [2.75, 3.05) is 22.0 Å². The van der Waals surface area contributed by atoms with Crippen molar-refractivity contribution in [3.8, 4) is 0 Å². The molecule has 24 heavy (non-hydrogen) atoms. The number of benzene rings is 2. The Bertz CT molecular complexity index is 826. The Morgan fingerprint density at radius 1 is 1.17 bits per heavy atom. The molecule has 2 rings (SSSR count). The number of hydrogen-bond acceptors (Lipinski definition) is 3. The van der Waals surface area contributed by atoms with Gasteiger partial charge in [-0.25, -0.2) is 8.42 Å². The van der Waals surface area contributed by atoms with Crippen molar-refractivity contribution >= 4 is 50.5 Å². The van der Waals surface area contributed by atoms with Crippen LogP contribution < -0.4 is 9.62 Å². The highest BCUT2D eigenvalue weighted by molar-refractivity contribution is 7.93. The molecule has 0 spiro atoms. The van der Waals surface area contributed by atoms with E-state index in [4.69, 9.17) is 23.2 Å². The second kappa shape index (κ2) is 7.88. The van der Waals surface area contributed by atoms with Crippen molar-refractivity contribution in [2.24, 2.45) is 0 Å². The quantitative estimate of drug-likeness (QED) is 0.768. The van der Waals surface area contributed by atoms with Crippen molar-refractivity contribution in [3.63, 3.8) is 0 Å². The molecule has 2 aromatic carbocycles. The van der Waals surface area contributed by atoms with E-state index in [9.17, 15) is 13.2 Å². The lowest BCUT2D eigenvalue weighted by Crippen LogP contribution is -2.31. The summed E-state index contributed by atoms with van der Waals surface area (Å²) in [4.78, 5) is 11.3. The standard InChI is InChI=1S/C16H16Cl2N2O3S/c1-2-20(13-6-4-3-5-7-13)24(22,23)15-10-12(8-9-14(15)18)19-16(21)11-17/h3-10H,2,11H2,1H3,(H,19,21). The van der Waals surface area contributed by atoms with Crippen LogP contribution in [-0.4, -0.2) is 26.7 Å². The Balaban J connectivity index is 2.48. The molecule has 0 fully saturated rings. The van der Waals surface area contributed by atoms with Gasteiger partial charge in [0, 0.05) is 12.2 Å². The molecule has 0 aliphatic heterocycles. The van der Waals surface area contributed by atoms with E-state index >= 15 is 0 Å². The molecule has 8 heteroatoms. The maximum Gasteiger partial charge on any atom is 0.265 e. The van der Waals surface area contributed by atoms with Gasteiger partial charge in [-0.05, 0) is 37.3 Å². The first-order valence-electron chi connectivity index (χ1n) is 7.13. The van der Waals surface area contributed by atoms with Gasteiger partial charge in [0.15, 0.2) is 0 Å². The Morgan fingerprint density at radius 3 is 2.42 bits per heavy atom. The smallest absolute Gasteiger partial charge is 0.265 e. The van der Waals surface area contributed by atoms with Gasteiger partial charge in [0.2, 0.25) is 5.91 Å². The SMILES string of the molecule is CCN(c1ccccc1)S(=O)(=O)c1cc(NC(=O)CCl)ccc1Cl. The summed E-state index contributed by atoms with van der Waals surface area (Å²) in [6.07, 6.45) is 0. The topological polar surface area (TPSA) is 66.5 Å². The molecule has 0 bridgehead atoms. The number of carbonyl (C=O) groups is 1. The maximum absolute atomic E-state index is 13.0. The third-order valence-corrected chi connectivity index (χ3v) is 5.86. The molecule has 0 aromatic heterocycles. The molecule has 0 saturated carbocycles. The lowest BCUT2D eigenvalue weighted by molar-refractivity contribution is -0.113. The molecule has 0 atom stereocenters. The zero-order valence-electron chi connectivity index (χ0n) is 12.9. The summed E-state index contributed by atoms with van der Waals surface area (Å²) in [6, 6.07) is 13.0. The van der Waals surface area contributed by atoms with Crippen molar-refractivity contribution in [2.45, 2.75) is 11.8 Å². The summed E-state index contributed by atoms with van der Waals surface area (Å²) >= 11 is 11.5. The zero-order valence-corrected chi connectivity index (χ0v) is 15.2. The highest BCUT2D eigenvalue weighted by Gasteiger charge is 2.26. The van der Waals surface area contributed by atoms with E-state index < -0.39 is 15.9 Å². The first kappa shape index (κ1) is 18.6. The number of rotatable bonds is 6. The van der Waals surface area contributed by atoms with E-state index in [1.54, 1.807) is 37.3 Å². The molecule has 0 radical (unpaired) electrons. The van der Waals surface area contributed by atoms with Crippen LogP contribution in [0.4, 0.5) is 11.4 Å². The van der Waals surface area contributed by atoms with Gasteiger partial charge in [-0.15, -0.1) is 11.6 Å². The Morgan fingerprint density at radius 2 is 1.83 bits per heavy atom. The molecule has 1 N–H and O–H groups in total. The van der Waals surface area contributed by atoms with Gasteiger partial charge in [0.1, 0.15) is 10.8 Å². The van der Waals surface area contributed by atoms with Crippen LogP contribution in [0.25, 0.3) is 0 Å². The average Bonchev–Trinajstić information content (AvgIpc) is 2.57. The van der Waals surface area contributed by atoms with Crippen LogP contribution in [0.3, 0.4) is 0 Å². The summed E-state index contributed by atoms with van der Waals surface area (Å²) in [5.74, 6) is -0.659. The minimum atomic E-state index is -3.88. The van der Waals surface area contributed by atoms with Crippen LogP contribution in [-0.2, 0) is 14.8 Å². The minimum Gasteiger partial charge on any atom is -0.325 e. The van der Waals surface area contributed by atoms with Crippen LogP contribution in [0.15, 0.2) is 53.4 Å². The monoisotopic (exact) mass is 386 g/mol. The molecule has 1 amide bonds. The zero-order chi connectivity index (χ0) is 17.7. The highest BCUT2D eigenvalue weighted by Crippen LogP contribution is 2.30. The molecule has 2 aromatic rings. The van der Waals surface area contributed by atoms with Crippen molar-refractivity contribution < 1.29 is 13.2 Å². The van der Waals surface area contributed by atoms with Crippen LogP contribution in [0.2, 0.25) is 5.02 Å². The van der Waals surface area contributed by atoms with Gasteiger partial charge in [-0.2, -0.15) is 0 Å². The molecule has 0 unspecified atom stereocenters. The van der Waals surface area contributed by atoms with Gasteiger partial charge in [-0.1, -0.05) is 29.8 Å². The number of nitrogens with zero attached hydrogens (tertiary/aromatic N) is 1. The molecular weight excluding hydrogens is 371 g/mol. The van der Waals surface area contributed by atoms with E-state index in [2.05, 4.69) is 5.32 Å². The first-order chi connectivity index (χ1) is 11.4. The van der Waals surface area contributed by atoms with E-state index in [0.717, 1.165) is 0 Å². The Hall–Kier alpha value is -1.76. The fraction of sp³-hybridized carbons (Fsp3) is 0.188. The maximum atomic E-state index is 13.0. The number of carbonyl (C=O) groups excluding carboxylic acids is 1.